The molecule has 4 N–H and O–H groups in total. The van der Waals surface area contributed by atoms with Crippen LogP contribution in [0.15, 0.2) is 36.4 Å². The maximum absolute atomic E-state index is 5.75. The highest BCUT2D eigenvalue weighted by molar-refractivity contribution is 5.73. The molecule has 2 heteroatoms. The van der Waals surface area contributed by atoms with Gasteiger partial charge in [0.1, 0.15) is 0 Å². The van der Waals surface area contributed by atoms with Crippen molar-refractivity contribution in [1.82, 2.24) is 0 Å². The van der Waals surface area contributed by atoms with Gasteiger partial charge in [-0.3, -0.25) is 0 Å². The molecule has 0 saturated carbocycles. The average molecular weight is 272 g/mol. The molecule has 0 aliphatic heterocycles. The smallest absolute Gasteiger partial charge is 0.0317 e. The molecule has 0 heterocycles. The first-order valence-corrected chi connectivity index (χ1v) is 7.30. The van der Waals surface area contributed by atoms with Crippen LogP contribution in [0.25, 0.3) is 11.1 Å². The summed E-state index contributed by atoms with van der Waals surface area (Å²) in [5, 5.41) is 0. The van der Waals surface area contributed by atoms with E-state index >= 15 is 0 Å². The molecular formula is C18H28N2. The van der Waals surface area contributed by atoms with Crippen molar-refractivity contribution in [3.05, 3.63) is 47.5 Å². The Balaban J connectivity index is 0.000000829. The van der Waals surface area contributed by atoms with Crippen molar-refractivity contribution in [2.75, 3.05) is 11.5 Å². The molecule has 0 radical (unpaired) electrons. The summed E-state index contributed by atoms with van der Waals surface area (Å²) in [6, 6.07) is 12.0. The van der Waals surface area contributed by atoms with Gasteiger partial charge in [0.2, 0.25) is 0 Å². The van der Waals surface area contributed by atoms with Crippen LogP contribution in [0.1, 0.15) is 38.8 Å². The van der Waals surface area contributed by atoms with Gasteiger partial charge >= 0.3 is 0 Å². The van der Waals surface area contributed by atoms with E-state index in [2.05, 4.69) is 26.0 Å². The molecule has 0 saturated heterocycles. The first kappa shape index (κ1) is 18.0. The molecule has 0 aromatic heterocycles. The van der Waals surface area contributed by atoms with Crippen LogP contribution in [0.4, 0.5) is 11.4 Å². The van der Waals surface area contributed by atoms with E-state index in [1.807, 2.05) is 52.0 Å². The third-order valence-electron chi connectivity index (χ3n) is 2.79. The van der Waals surface area contributed by atoms with Gasteiger partial charge in [0.25, 0.3) is 0 Å². The lowest BCUT2D eigenvalue weighted by Gasteiger charge is -2.10. The highest BCUT2D eigenvalue weighted by Crippen LogP contribution is 2.28. The summed E-state index contributed by atoms with van der Waals surface area (Å²) >= 11 is 0. The van der Waals surface area contributed by atoms with Gasteiger partial charge in [-0.05, 0) is 60.4 Å². The lowest BCUT2D eigenvalue weighted by atomic mass is 9.96. The molecule has 2 aromatic carbocycles. The van der Waals surface area contributed by atoms with Crippen LogP contribution in [-0.2, 0) is 0 Å². The number of rotatable bonds is 1. The molecule has 0 amide bonds. The van der Waals surface area contributed by atoms with Crippen LogP contribution in [0, 0.1) is 13.8 Å². The normalized spacial score (nSPS) is 8.90. The molecule has 0 aliphatic rings. The number of aryl methyl sites for hydroxylation is 2. The zero-order chi connectivity index (χ0) is 15.7. The van der Waals surface area contributed by atoms with Crippen molar-refractivity contribution in [2.45, 2.75) is 41.5 Å². The summed E-state index contributed by atoms with van der Waals surface area (Å²) in [5.74, 6) is 0. The molecule has 0 atom stereocenters. The first-order valence-electron chi connectivity index (χ1n) is 7.30. The number of benzene rings is 2. The van der Waals surface area contributed by atoms with Crippen LogP contribution >= 0.6 is 0 Å². The van der Waals surface area contributed by atoms with Gasteiger partial charge in [-0.15, -0.1) is 0 Å². The zero-order valence-electron chi connectivity index (χ0n) is 13.6. The minimum atomic E-state index is 0.800. The van der Waals surface area contributed by atoms with Gasteiger partial charge in [-0.2, -0.15) is 0 Å². The molecule has 2 rings (SSSR count). The maximum atomic E-state index is 5.75. The van der Waals surface area contributed by atoms with Gasteiger partial charge in [0.05, 0.1) is 0 Å². The summed E-state index contributed by atoms with van der Waals surface area (Å²) in [7, 11) is 0. The summed E-state index contributed by atoms with van der Waals surface area (Å²) < 4.78 is 0. The van der Waals surface area contributed by atoms with E-state index in [4.69, 9.17) is 11.5 Å². The van der Waals surface area contributed by atoms with E-state index in [-0.39, 0.29) is 0 Å². The Hall–Kier alpha value is -1.96. The Kier molecular flexibility index (Phi) is 8.14. The van der Waals surface area contributed by atoms with E-state index in [0.29, 0.717) is 0 Å². The van der Waals surface area contributed by atoms with Crippen molar-refractivity contribution in [2.24, 2.45) is 0 Å². The average Bonchev–Trinajstić information content (AvgIpc) is 2.44. The molecule has 0 bridgehead atoms. The van der Waals surface area contributed by atoms with Crippen LogP contribution in [0.5, 0.6) is 0 Å². The second-order valence-electron chi connectivity index (χ2n) is 4.15. The molecule has 20 heavy (non-hydrogen) atoms. The van der Waals surface area contributed by atoms with Crippen molar-refractivity contribution >= 4 is 11.4 Å². The Morgan fingerprint density at radius 3 is 1.15 bits per heavy atom. The number of nitrogen functional groups attached to an aromatic ring is 2. The molecule has 2 aromatic rings. The number of hydrogen-bond donors (Lipinski definition) is 2. The van der Waals surface area contributed by atoms with Crippen LogP contribution in [0.2, 0.25) is 0 Å². The zero-order valence-corrected chi connectivity index (χ0v) is 13.6. The Morgan fingerprint density at radius 1 is 0.600 bits per heavy atom. The molecule has 0 fully saturated rings. The summed E-state index contributed by atoms with van der Waals surface area (Å²) in [4.78, 5) is 0. The van der Waals surface area contributed by atoms with E-state index in [1.165, 1.54) is 22.3 Å². The third-order valence-corrected chi connectivity index (χ3v) is 2.79. The lowest BCUT2D eigenvalue weighted by Crippen LogP contribution is -1.92. The van der Waals surface area contributed by atoms with Crippen LogP contribution in [0.3, 0.4) is 0 Å². The minimum Gasteiger partial charge on any atom is -0.399 e. The predicted molar refractivity (Wildman–Crippen MR) is 92.9 cm³/mol. The van der Waals surface area contributed by atoms with Crippen molar-refractivity contribution < 1.29 is 0 Å². The molecule has 110 valence electrons. The lowest BCUT2D eigenvalue weighted by molar-refractivity contribution is 1.41. The monoisotopic (exact) mass is 272 g/mol. The van der Waals surface area contributed by atoms with Crippen molar-refractivity contribution in [3.8, 4) is 11.1 Å². The van der Waals surface area contributed by atoms with E-state index in [0.717, 1.165) is 11.4 Å². The molecular weight excluding hydrogens is 244 g/mol. The molecule has 0 aliphatic carbocycles. The second kappa shape index (κ2) is 9.03. The quantitative estimate of drug-likeness (QED) is 0.702. The maximum Gasteiger partial charge on any atom is 0.0317 e. The van der Waals surface area contributed by atoms with Gasteiger partial charge < -0.3 is 11.5 Å². The highest BCUT2D eigenvalue weighted by Gasteiger charge is 2.05. The Bertz CT molecular complexity index is 481. The van der Waals surface area contributed by atoms with E-state index in [9.17, 15) is 0 Å². The van der Waals surface area contributed by atoms with E-state index in [1.54, 1.807) is 0 Å². The third kappa shape index (κ3) is 4.61. The number of anilines is 2. The summed E-state index contributed by atoms with van der Waals surface area (Å²) in [6.45, 7) is 12.1. The Labute approximate surface area is 123 Å². The predicted octanol–water partition coefficient (Wildman–Crippen LogP) is 5.19. The minimum absolute atomic E-state index is 0.800. The summed E-state index contributed by atoms with van der Waals surface area (Å²) in [5.41, 5.74) is 17.9. The summed E-state index contributed by atoms with van der Waals surface area (Å²) in [6.07, 6.45) is 0. The number of hydrogen-bond acceptors (Lipinski definition) is 2. The van der Waals surface area contributed by atoms with Gasteiger partial charge in [0, 0.05) is 11.4 Å². The van der Waals surface area contributed by atoms with Gasteiger partial charge in [0.15, 0.2) is 0 Å². The van der Waals surface area contributed by atoms with Crippen LogP contribution < -0.4 is 11.5 Å². The first-order chi connectivity index (χ1) is 9.58. The molecule has 0 unspecified atom stereocenters. The van der Waals surface area contributed by atoms with Crippen molar-refractivity contribution in [1.29, 1.82) is 0 Å². The molecule has 0 spiro atoms. The van der Waals surface area contributed by atoms with Crippen molar-refractivity contribution in [3.63, 3.8) is 0 Å². The fourth-order valence-electron chi connectivity index (χ4n) is 1.98. The SMILES string of the molecule is CC.CC.Cc1cc(N)ccc1-c1ccc(N)cc1C. The van der Waals surface area contributed by atoms with Gasteiger partial charge in [-0.1, -0.05) is 39.8 Å². The fraction of sp³-hybridized carbons (Fsp3) is 0.333. The largest absolute Gasteiger partial charge is 0.399 e. The topological polar surface area (TPSA) is 52.0 Å². The highest BCUT2D eigenvalue weighted by atomic mass is 14.5. The van der Waals surface area contributed by atoms with Crippen LogP contribution in [-0.4, -0.2) is 0 Å². The standard InChI is InChI=1S/C14H16N2.2C2H6/c1-9-7-11(15)3-5-13(9)14-6-4-12(16)8-10(14)2;2*1-2/h3-8H,15-16H2,1-2H3;2*1-2H3. The second-order valence-corrected chi connectivity index (χ2v) is 4.15. The fourth-order valence-corrected chi connectivity index (χ4v) is 1.98. The molecule has 2 nitrogen and oxygen atoms in total. The van der Waals surface area contributed by atoms with Gasteiger partial charge in [-0.25, -0.2) is 0 Å². The van der Waals surface area contributed by atoms with E-state index < -0.39 is 0 Å². The Morgan fingerprint density at radius 2 is 0.900 bits per heavy atom. The number of nitrogens with two attached hydrogens (primary N) is 2.